The van der Waals surface area contributed by atoms with E-state index in [0.29, 0.717) is 24.1 Å². The van der Waals surface area contributed by atoms with Gasteiger partial charge in [0.05, 0.1) is 11.1 Å². The van der Waals surface area contributed by atoms with E-state index in [0.717, 1.165) is 23.7 Å². The summed E-state index contributed by atoms with van der Waals surface area (Å²) in [7, 11) is 0. The third kappa shape index (κ3) is 2.44. The number of amides is 1. The summed E-state index contributed by atoms with van der Waals surface area (Å²) in [6.45, 7) is 0.711. The minimum absolute atomic E-state index is 0.0286. The van der Waals surface area contributed by atoms with Crippen LogP contribution in [0.5, 0.6) is 0 Å². The van der Waals surface area contributed by atoms with Gasteiger partial charge in [-0.2, -0.15) is 0 Å². The lowest BCUT2D eigenvalue weighted by Crippen LogP contribution is -2.42. The summed E-state index contributed by atoms with van der Waals surface area (Å²) in [5, 5.41) is 3.89. The van der Waals surface area contributed by atoms with Crippen LogP contribution in [0, 0.1) is 5.92 Å². The molecule has 0 atom stereocenters. The molecule has 0 aliphatic heterocycles. The van der Waals surface area contributed by atoms with E-state index in [4.69, 9.17) is 5.73 Å². The van der Waals surface area contributed by atoms with Gasteiger partial charge in [0.25, 0.3) is 5.91 Å². The standard InChI is InChI=1S/C15H17N3O/c16-11-7-10(8-11)9-18-15(19)13-5-6-17-14-4-2-1-3-12(13)14/h1-6,10-11H,7-9,16H2,(H,18,19). The Labute approximate surface area is 112 Å². The first kappa shape index (κ1) is 12.1. The van der Waals surface area contributed by atoms with E-state index in [1.165, 1.54) is 0 Å². The van der Waals surface area contributed by atoms with Crippen molar-refractivity contribution in [3.05, 3.63) is 42.1 Å². The molecular formula is C15H17N3O. The number of hydrogen-bond donors (Lipinski definition) is 2. The fraction of sp³-hybridized carbons (Fsp3) is 0.333. The molecule has 0 spiro atoms. The Morgan fingerprint density at radius 3 is 2.89 bits per heavy atom. The normalized spacial score (nSPS) is 21.9. The molecule has 4 heteroatoms. The summed E-state index contributed by atoms with van der Waals surface area (Å²) in [6, 6.07) is 9.78. The van der Waals surface area contributed by atoms with Gasteiger partial charge in [-0.25, -0.2) is 0 Å². The van der Waals surface area contributed by atoms with Crippen LogP contribution in [0.15, 0.2) is 36.5 Å². The highest BCUT2D eigenvalue weighted by atomic mass is 16.1. The van der Waals surface area contributed by atoms with Crippen LogP contribution >= 0.6 is 0 Å². The third-order valence-corrected chi connectivity index (χ3v) is 3.72. The smallest absolute Gasteiger partial charge is 0.252 e. The minimum atomic E-state index is -0.0286. The maximum absolute atomic E-state index is 12.2. The molecule has 0 unspecified atom stereocenters. The van der Waals surface area contributed by atoms with Crippen LogP contribution in [0.3, 0.4) is 0 Å². The zero-order valence-corrected chi connectivity index (χ0v) is 10.7. The Balaban J connectivity index is 1.74. The van der Waals surface area contributed by atoms with Crippen LogP contribution in [0.1, 0.15) is 23.2 Å². The monoisotopic (exact) mass is 255 g/mol. The largest absolute Gasteiger partial charge is 0.352 e. The highest BCUT2D eigenvalue weighted by molar-refractivity contribution is 6.05. The van der Waals surface area contributed by atoms with Crippen molar-refractivity contribution in [2.24, 2.45) is 11.7 Å². The van der Waals surface area contributed by atoms with Crippen LogP contribution in [-0.4, -0.2) is 23.5 Å². The number of carbonyl (C=O) groups excluding carboxylic acids is 1. The summed E-state index contributed by atoms with van der Waals surface area (Å²) in [5.74, 6) is 0.506. The Hall–Kier alpha value is -1.94. The highest BCUT2D eigenvalue weighted by Gasteiger charge is 2.26. The van der Waals surface area contributed by atoms with Gasteiger partial charge in [-0.1, -0.05) is 18.2 Å². The van der Waals surface area contributed by atoms with Crippen LogP contribution in [0.25, 0.3) is 10.9 Å². The molecule has 19 heavy (non-hydrogen) atoms. The summed E-state index contributed by atoms with van der Waals surface area (Å²) < 4.78 is 0. The molecule has 3 N–H and O–H groups in total. The number of nitrogens with one attached hydrogen (secondary N) is 1. The van der Waals surface area contributed by atoms with Crippen molar-refractivity contribution in [2.45, 2.75) is 18.9 Å². The first-order valence-corrected chi connectivity index (χ1v) is 6.61. The van der Waals surface area contributed by atoms with Gasteiger partial charge in [-0.05, 0) is 30.9 Å². The van der Waals surface area contributed by atoms with Gasteiger partial charge in [0.1, 0.15) is 0 Å². The molecule has 0 saturated heterocycles. The minimum Gasteiger partial charge on any atom is -0.352 e. The number of hydrogen-bond acceptors (Lipinski definition) is 3. The molecular weight excluding hydrogens is 238 g/mol. The Morgan fingerprint density at radius 2 is 2.11 bits per heavy atom. The Bertz CT molecular complexity index is 600. The lowest BCUT2D eigenvalue weighted by atomic mass is 9.81. The zero-order valence-electron chi connectivity index (χ0n) is 10.7. The SMILES string of the molecule is NC1CC(CNC(=O)c2ccnc3ccccc23)C1. The maximum atomic E-state index is 12.2. The van der Waals surface area contributed by atoms with E-state index in [1.807, 2.05) is 24.3 Å². The molecule has 1 aromatic heterocycles. The molecule has 1 aliphatic rings. The number of para-hydroxylation sites is 1. The first-order chi connectivity index (χ1) is 9.24. The summed E-state index contributed by atoms with van der Waals surface area (Å²) in [4.78, 5) is 16.5. The summed E-state index contributed by atoms with van der Waals surface area (Å²) in [6.07, 6.45) is 3.70. The molecule has 1 amide bonds. The number of benzene rings is 1. The molecule has 0 bridgehead atoms. The molecule has 0 radical (unpaired) electrons. The number of fused-ring (bicyclic) bond motifs is 1. The van der Waals surface area contributed by atoms with E-state index in [1.54, 1.807) is 12.3 Å². The fourth-order valence-corrected chi connectivity index (χ4v) is 2.58. The number of nitrogens with two attached hydrogens (primary N) is 1. The molecule has 1 aliphatic carbocycles. The van der Waals surface area contributed by atoms with Crippen LogP contribution < -0.4 is 11.1 Å². The van der Waals surface area contributed by atoms with Gasteiger partial charge in [0.2, 0.25) is 0 Å². The second kappa shape index (κ2) is 4.97. The fourth-order valence-electron chi connectivity index (χ4n) is 2.58. The Kier molecular flexibility index (Phi) is 3.17. The van der Waals surface area contributed by atoms with Crippen molar-refractivity contribution >= 4 is 16.8 Å². The van der Waals surface area contributed by atoms with Crippen molar-refractivity contribution in [2.75, 3.05) is 6.54 Å². The molecule has 1 aromatic carbocycles. The number of rotatable bonds is 3. The van der Waals surface area contributed by atoms with Crippen molar-refractivity contribution in [1.29, 1.82) is 0 Å². The third-order valence-electron chi connectivity index (χ3n) is 3.72. The van der Waals surface area contributed by atoms with Crippen LogP contribution in [0.4, 0.5) is 0 Å². The highest BCUT2D eigenvalue weighted by Crippen LogP contribution is 2.24. The first-order valence-electron chi connectivity index (χ1n) is 6.61. The molecule has 1 heterocycles. The summed E-state index contributed by atoms with van der Waals surface area (Å²) in [5.41, 5.74) is 7.28. The predicted molar refractivity (Wildman–Crippen MR) is 74.8 cm³/mol. The molecule has 4 nitrogen and oxygen atoms in total. The molecule has 1 saturated carbocycles. The average molecular weight is 255 g/mol. The lowest BCUT2D eigenvalue weighted by molar-refractivity contribution is 0.0937. The summed E-state index contributed by atoms with van der Waals surface area (Å²) >= 11 is 0. The van der Waals surface area contributed by atoms with Gasteiger partial charge < -0.3 is 11.1 Å². The van der Waals surface area contributed by atoms with Gasteiger partial charge in [-0.15, -0.1) is 0 Å². The maximum Gasteiger partial charge on any atom is 0.252 e. The van der Waals surface area contributed by atoms with Crippen LogP contribution in [0.2, 0.25) is 0 Å². The van der Waals surface area contributed by atoms with E-state index >= 15 is 0 Å². The topological polar surface area (TPSA) is 68.0 Å². The van der Waals surface area contributed by atoms with Crippen molar-refractivity contribution in [3.63, 3.8) is 0 Å². The van der Waals surface area contributed by atoms with Crippen molar-refractivity contribution in [3.8, 4) is 0 Å². The second-order valence-electron chi connectivity index (χ2n) is 5.18. The van der Waals surface area contributed by atoms with Gasteiger partial charge in [0, 0.05) is 24.2 Å². The van der Waals surface area contributed by atoms with Gasteiger partial charge in [-0.3, -0.25) is 9.78 Å². The van der Waals surface area contributed by atoms with Crippen molar-refractivity contribution in [1.82, 2.24) is 10.3 Å². The van der Waals surface area contributed by atoms with E-state index in [2.05, 4.69) is 10.3 Å². The number of carbonyl (C=O) groups is 1. The molecule has 1 fully saturated rings. The lowest BCUT2D eigenvalue weighted by Gasteiger charge is -2.32. The van der Waals surface area contributed by atoms with Gasteiger partial charge >= 0.3 is 0 Å². The Morgan fingerprint density at radius 1 is 1.32 bits per heavy atom. The molecule has 3 rings (SSSR count). The quantitative estimate of drug-likeness (QED) is 0.877. The number of nitrogens with zero attached hydrogens (tertiary/aromatic N) is 1. The number of pyridine rings is 1. The zero-order chi connectivity index (χ0) is 13.2. The predicted octanol–water partition coefficient (Wildman–Crippen LogP) is 1.70. The average Bonchev–Trinajstić information content (AvgIpc) is 2.41. The van der Waals surface area contributed by atoms with Gasteiger partial charge in [0.15, 0.2) is 0 Å². The van der Waals surface area contributed by atoms with E-state index < -0.39 is 0 Å². The van der Waals surface area contributed by atoms with E-state index in [9.17, 15) is 4.79 Å². The van der Waals surface area contributed by atoms with Crippen molar-refractivity contribution < 1.29 is 4.79 Å². The molecule has 98 valence electrons. The van der Waals surface area contributed by atoms with Crippen LogP contribution in [-0.2, 0) is 0 Å². The molecule has 2 aromatic rings. The number of aromatic nitrogens is 1. The van der Waals surface area contributed by atoms with E-state index in [-0.39, 0.29) is 5.91 Å². The second-order valence-corrected chi connectivity index (χ2v) is 5.18.